The molecule has 6 heteroatoms. The minimum Gasteiger partial charge on any atom is -0.493 e. The molecule has 0 radical (unpaired) electrons. The van der Waals surface area contributed by atoms with Crippen molar-refractivity contribution in [3.05, 3.63) is 29.3 Å². The van der Waals surface area contributed by atoms with E-state index in [4.69, 9.17) is 9.47 Å². The molecule has 1 fully saturated rings. The Balaban J connectivity index is 1.93. The van der Waals surface area contributed by atoms with E-state index in [1.807, 2.05) is 0 Å². The Morgan fingerprint density at radius 3 is 2.74 bits per heavy atom. The van der Waals surface area contributed by atoms with Crippen molar-refractivity contribution < 1.29 is 9.47 Å². The van der Waals surface area contributed by atoms with Crippen LogP contribution in [0.1, 0.15) is 31.4 Å². The Morgan fingerprint density at radius 2 is 2.11 bits per heavy atom. The molecule has 1 aliphatic heterocycles. The fourth-order valence-electron chi connectivity index (χ4n) is 2.72. The van der Waals surface area contributed by atoms with Gasteiger partial charge in [0.1, 0.15) is 5.75 Å². The maximum atomic E-state index is 6.13. The number of guanidine groups is 1. The van der Waals surface area contributed by atoms with Gasteiger partial charge in [0.25, 0.3) is 0 Å². The highest BCUT2D eigenvalue weighted by Gasteiger charge is 2.20. The van der Waals surface area contributed by atoms with Gasteiger partial charge in [-0.25, -0.2) is 0 Å². The number of aliphatic imine (C=N–C) groups is 1. The normalized spacial score (nSPS) is 18.0. The summed E-state index contributed by atoms with van der Waals surface area (Å²) in [6, 6.07) is 6.35. The molecule has 0 bridgehead atoms. The number of benzene rings is 1. The molecule has 0 aromatic heterocycles. The monoisotopic (exact) mass is 376 g/mol. The first kappa shape index (κ1) is 21.5. The molecule has 1 aromatic carbocycles. The van der Waals surface area contributed by atoms with Gasteiger partial charge in [0.2, 0.25) is 0 Å². The molecule has 0 aliphatic carbocycles. The second-order valence-corrected chi connectivity index (χ2v) is 8.14. The van der Waals surface area contributed by atoms with Crippen LogP contribution < -0.4 is 15.4 Å². The van der Waals surface area contributed by atoms with Crippen LogP contribution in [0.5, 0.6) is 5.75 Å². The van der Waals surface area contributed by atoms with E-state index in [2.05, 4.69) is 73.6 Å². The lowest BCUT2D eigenvalue weighted by Gasteiger charge is -2.33. The molecule has 1 aromatic rings. The lowest BCUT2D eigenvalue weighted by molar-refractivity contribution is 0.166. The molecule has 152 valence electrons. The SMILES string of the molecule is CN=C(NCc1ccc(C)cc1OCC1CCOC1)NCC(C)(C)N(C)C. The predicted octanol–water partition coefficient (Wildman–Crippen LogP) is 2.42. The van der Waals surface area contributed by atoms with E-state index in [1.54, 1.807) is 7.05 Å². The number of likely N-dealkylation sites (N-methyl/N-ethyl adjacent to an activating group) is 1. The van der Waals surface area contributed by atoms with Gasteiger partial charge in [0.15, 0.2) is 5.96 Å². The first-order chi connectivity index (χ1) is 12.8. The summed E-state index contributed by atoms with van der Waals surface area (Å²) in [5.41, 5.74) is 2.38. The van der Waals surface area contributed by atoms with Gasteiger partial charge in [0.05, 0.1) is 13.2 Å². The van der Waals surface area contributed by atoms with Crippen LogP contribution in [0, 0.1) is 12.8 Å². The third kappa shape index (κ3) is 6.70. The molecule has 1 saturated heterocycles. The number of aryl methyl sites for hydroxylation is 1. The average Bonchev–Trinajstić information content (AvgIpc) is 3.14. The topological polar surface area (TPSA) is 58.1 Å². The standard InChI is InChI=1S/C21H36N4O2/c1-16-7-8-18(19(11-16)27-14-17-9-10-26-13-17)12-23-20(22-4)24-15-21(2,3)25(5)6/h7-8,11,17H,9-10,12-15H2,1-6H3,(H2,22,23,24). The molecule has 27 heavy (non-hydrogen) atoms. The van der Waals surface area contributed by atoms with Crippen molar-refractivity contribution in [1.29, 1.82) is 0 Å². The van der Waals surface area contributed by atoms with Crippen LogP contribution >= 0.6 is 0 Å². The third-order valence-corrected chi connectivity index (χ3v) is 5.29. The summed E-state index contributed by atoms with van der Waals surface area (Å²) in [7, 11) is 5.97. The van der Waals surface area contributed by atoms with Crippen LogP contribution in [0.15, 0.2) is 23.2 Å². The van der Waals surface area contributed by atoms with Crippen molar-refractivity contribution >= 4 is 5.96 Å². The summed E-state index contributed by atoms with van der Waals surface area (Å²) in [5.74, 6) is 2.23. The van der Waals surface area contributed by atoms with Crippen LogP contribution in [0.3, 0.4) is 0 Å². The summed E-state index contributed by atoms with van der Waals surface area (Å²) in [4.78, 5) is 6.54. The second kappa shape index (κ2) is 9.95. The molecule has 6 nitrogen and oxygen atoms in total. The fourth-order valence-corrected chi connectivity index (χ4v) is 2.72. The van der Waals surface area contributed by atoms with Gasteiger partial charge in [-0.1, -0.05) is 12.1 Å². The first-order valence-corrected chi connectivity index (χ1v) is 9.74. The van der Waals surface area contributed by atoms with Crippen molar-refractivity contribution in [3.63, 3.8) is 0 Å². The second-order valence-electron chi connectivity index (χ2n) is 8.14. The highest BCUT2D eigenvalue weighted by molar-refractivity contribution is 5.79. The molecule has 0 spiro atoms. The van der Waals surface area contributed by atoms with Crippen LogP contribution in [0.4, 0.5) is 0 Å². The summed E-state index contributed by atoms with van der Waals surface area (Å²) in [5, 5.41) is 6.81. The molecule has 2 rings (SSSR count). The zero-order chi connectivity index (χ0) is 19.9. The van der Waals surface area contributed by atoms with Gasteiger partial charge in [-0.2, -0.15) is 0 Å². The minimum absolute atomic E-state index is 0.0408. The van der Waals surface area contributed by atoms with E-state index in [0.717, 1.165) is 43.5 Å². The summed E-state index contributed by atoms with van der Waals surface area (Å²) >= 11 is 0. The van der Waals surface area contributed by atoms with E-state index in [0.29, 0.717) is 19.1 Å². The fraction of sp³-hybridized carbons (Fsp3) is 0.667. The molecule has 1 atom stereocenters. The largest absolute Gasteiger partial charge is 0.493 e. The first-order valence-electron chi connectivity index (χ1n) is 9.74. The van der Waals surface area contributed by atoms with Gasteiger partial charge in [-0.05, 0) is 52.9 Å². The lowest BCUT2D eigenvalue weighted by Crippen LogP contribution is -2.50. The Kier molecular flexibility index (Phi) is 7.92. The number of hydrogen-bond acceptors (Lipinski definition) is 4. The van der Waals surface area contributed by atoms with Crippen molar-refractivity contribution in [2.24, 2.45) is 10.9 Å². The number of rotatable bonds is 8. The molecule has 2 N–H and O–H groups in total. The average molecular weight is 377 g/mol. The van der Waals surface area contributed by atoms with Gasteiger partial charge >= 0.3 is 0 Å². The minimum atomic E-state index is 0.0408. The summed E-state index contributed by atoms with van der Waals surface area (Å²) in [6.45, 7) is 10.3. The van der Waals surface area contributed by atoms with Crippen LogP contribution in [-0.2, 0) is 11.3 Å². The van der Waals surface area contributed by atoms with E-state index in [1.165, 1.54) is 5.56 Å². The van der Waals surface area contributed by atoms with Crippen molar-refractivity contribution in [2.75, 3.05) is 47.5 Å². The van der Waals surface area contributed by atoms with Gasteiger partial charge < -0.3 is 25.0 Å². The van der Waals surface area contributed by atoms with E-state index >= 15 is 0 Å². The Morgan fingerprint density at radius 1 is 1.33 bits per heavy atom. The molecule has 0 amide bonds. The maximum absolute atomic E-state index is 6.13. The molecule has 1 unspecified atom stereocenters. The maximum Gasteiger partial charge on any atom is 0.191 e. The van der Waals surface area contributed by atoms with Crippen molar-refractivity contribution in [3.8, 4) is 5.75 Å². The van der Waals surface area contributed by atoms with Gasteiger partial charge in [0, 0.05) is 43.8 Å². The van der Waals surface area contributed by atoms with E-state index in [-0.39, 0.29) is 5.54 Å². The number of ether oxygens (including phenoxy) is 2. The number of nitrogens with one attached hydrogen (secondary N) is 2. The van der Waals surface area contributed by atoms with Gasteiger partial charge in [-0.3, -0.25) is 4.99 Å². The van der Waals surface area contributed by atoms with Crippen LogP contribution in [-0.4, -0.2) is 63.9 Å². The molecule has 1 aliphatic rings. The summed E-state index contributed by atoms with van der Waals surface area (Å²) < 4.78 is 11.6. The number of hydrogen-bond donors (Lipinski definition) is 2. The quantitative estimate of drug-likeness (QED) is 0.539. The van der Waals surface area contributed by atoms with Crippen LogP contribution in [0.25, 0.3) is 0 Å². The zero-order valence-electron chi connectivity index (χ0n) is 17.8. The molecule has 0 saturated carbocycles. The highest BCUT2D eigenvalue weighted by atomic mass is 16.5. The van der Waals surface area contributed by atoms with Gasteiger partial charge in [-0.15, -0.1) is 0 Å². The van der Waals surface area contributed by atoms with E-state index < -0.39 is 0 Å². The smallest absolute Gasteiger partial charge is 0.191 e. The highest BCUT2D eigenvalue weighted by Crippen LogP contribution is 2.22. The summed E-state index contributed by atoms with van der Waals surface area (Å²) in [6.07, 6.45) is 1.08. The lowest BCUT2D eigenvalue weighted by atomic mass is 10.0. The van der Waals surface area contributed by atoms with Crippen molar-refractivity contribution in [2.45, 2.75) is 39.3 Å². The molecular weight excluding hydrogens is 340 g/mol. The number of nitrogens with zero attached hydrogens (tertiary/aromatic N) is 2. The Hall–Kier alpha value is -1.79. The Labute approximate surface area is 164 Å². The Bertz CT molecular complexity index is 623. The predicted molar refractivity (Wildman–Crippen MR) is 112 cm³/mol. The van der Waals surface area contributed by atoms with Crippen molar-refractivity contribution in [1.82, 2.24) is 15.5 Å². The molecular formula is C21H36N4O2. The van der Waals surface area contributed by atoms with Crippen LogP contribution in [0.2, 0.25) is 0 Å². The molecule has 1 heterocycles. The van der Waals surface area contributed by atoms with E-state index in [9.17, 15) is 0 Å². The third-order valence-electron chi connectivity index (χ3n) is 5.29. The zero-order valence-corrected chi connectivity index (χ0v) is 17.8.